The highest BCUT2D eigenvalue weighted by atomic mass is 16.6. The van der Waals surface area contributed by atoms with Crippen molar-refractivity contribution in [3.8, 4) is 0 Å². The Morgan fingerprint density at radius 3 is 2.38 bits per heavy atom. The predicted octanol–water partition coefficient (Wildman–Crippen LogP) is 1.39. The first kappa shape index (κ1) is 23.8. The monoisotopic (exact) mass is 406 g/mol. The lowest BCUT2D eigenvalue weighted by Gasteiger charge is -2.25. The highest BCUT2D eigenvalue weighted by molar-refractivity contribution is 5.92. The number of ether oxygens (including phenoxy) is 1. The van der Waals surface area contributed by atoms with Gasteiger partial charge in [0, 0.05) is 23.8 Å². The summed E-state index contributed by atoms with van der Waals surface area (Å²) in [5.74, 6) is -2.73. The third kappa shape index (κ3) is 7.38. The van der Waals surface area contributed by atoms with E-state index in [1.165, 1.54) is 18.3 Å². The Hall–Kier alpha value is -3.20. The summed E-state index contributed by atoms with van der Waals surface area (Å²) in [4.78, 5) is 46.7. The van der Waals surface area contributed by atoms with Crippen LogP contribution in [0.5, 0.6) is 0 Å². The maximum Gasteiger partial charge on any atom is 0.331 e. The summed E-state index contributed by atoms with van der Waals surface area (Å²) < 4.78 is 5.10. The summed E-state index contributed by atoms with van der Waals surface area (Å²) in [7, 11) is 0. The normalized spacial score (nSPS) is 18.5. The van der Waals surface area contributed by atoms with Gasteiger partial charge in [-0.1, -0.05) is 18.2 Å². The molecule has 5 N–H and O–H groups in total. The zero-order valence-electron chi connectivity index (χ0n) is 16.8. The number of aliphatic carboxylic acids is 2. The number of carbonyl (C=O) groups is 3. The average Bonchev–Trinajstić information content (AvgIpc) is 2.58. The van der Waals surface area contributed by atoms with Crippen LogP contribution in [0.25, 0.3) is 0 Å². The molecule has 9 heteroatoms. The number of esters is 1. The average molecular weight is 406 g/mol. The van der Waals surface area contributed by atoms with E-state index in [1.807, 2.05) is 0 Å². The van der Waals surface area contributed by atoms with Crippen LogP contribution in [0.4, 0.5) is 0 Å². The van der Waals surface area contributed by atoms with Gasteiger partial charge in [0.2, 0.25) is 0 Å². The molecule has 0 fully saturated rings. The van der Waals surface area contributed by atoms with E-state index in [2.05, 4.69) is 4.98 Å². The van der Waals surface area contributed by atoms with Crippen molar-refractivity contribution in [3.63, 3.8) is 0 Å². The molecule has 0 aromatic carbocycles. The zero-order valence-corrected chi connectivity index (χ0v) is 16.8. The number of carboxylic acids is 2. The number of nitrogens with two attached hydrogens (primary N) is 1. The van der Waals surface area contributed by atoms with Crippen molar-refractivity contribution in [2.75, 3.05) is 0 Å². The van der Waals surface area contributed by atoms with Crippen LogP contribution < -0.4 is 11.3 Å². The standard InChI is InChI=1S/C11H15NO3.C9H11NO4/c1-11(2,3)15-9(13)7-8-5-4-6-12-10(8)14;1-5-2-3-9(10,8(13)14)4-6(5)7(11)12/h4-6H,7H2,1-3H3,(H,12,14);2-3H,4,10H2,1H3,(H,11,12)(H,13,14). The van der Waals surface area contributed by atoms with E-state index in [0.717, 1.165) is 0 Å². The Morgan fingerprint density at radius 1 is 1.28 bits per heavy atom. The maximum atomic E-state index is 11.4. The van der Waals surface area contributed by atoms with Gasteiger partial charge in [-0.05, 0) is 39.3 Å². The van der Waals surface area contributed by atoms with Crippen LogP contribution in [0.1, 0.15) is 39.7 Å². The first-order valence-electron chi connectivity index (χ1n) is 8.78. The third-order valence-corrected chi connectivity index (χ3v) is 3.89. The molecule has 1 aliphatic rings. The van der Waals surface area contributed by atoms with Crippen LogP contribution in [0.3, 0.4) is 0 Å². The molecule has 1 aliphatic carbocycles. The fourth-order valence-corrected chi connectivity index (χ4v) is 2.39. The van der Waals surface area contributed by atoms with E-state index < -0.39 is 23.1 Å². The molecule has 2 rings (SSSR count). The quantitative estimate of drug-likeness (QED) is 0.546. The molecule has 1 heterocycles. The number of carboxylic acid groups (broad SMARTS) is 2. The van der Waals surface area contributed by atoms with Crippen LogP contribution in [-0.4, -0.2) is 44.2 Å². The minimum Gasteiger partial charge on any atom is -0.480 e. The number of hydrogen-bond acceptors (Lipinski definition) is 6. The molecule has 1 aromatic rings. The van der Waals surface area contributed by atoms with E-state index in [-0.39, 0.29) is 29.9 Å². The Morgan fingerprint density at radius 2 is 1.90 bits per heavy atom. The molecule has 0 radical (unpaired) electrons. The lowest BCUT2D eigenvalue weighted by atomic mass is 9.84. The first-order chi connectivity index (χ1) is 13.2. The van der Waals surface area contributed by atoms with Gasteiger partial charge in [-0.3, -0.25) is 9.59 Å². The molecule has 1 atom stereocenters. The highest BCUT2D eigenvalue weighted by Gasteiger charge is 2.36. The Kier molecular flexibility index (Phi) is 7.67. The Labute approximate surface area is 167 Å². The number of hydrogen-bond donors (Lipinski definition) is 4. The summed E-state index contributed by atoms with van der Waals surface area (Å²) in [5, 5.41) is 17.6. The van der Waals surface area contributed by atoms with Gasteiger partial charge in [0.15, 0.2) is 0 Å². The van der Waals surface area contributed by atoms with Crippen molar-refractivity contribution in [3.05, 3.63) is 57.5 Å². The summed E-state index contributed by atoms with van der Waals surface area (Å²) in [5.41, 5.74) is 4.17. The van der Waals surface area contributed by atoms with Gasteiger partial charge in [0.25, 0.3) is 5.56 Å². The lowest BCUT2D eigenvalue weighted by Crippen LogP contribution is -2.48. The minimum absolute atomic E-state index is 0.00738. The zero-order chi connectivity index (χ0) is 22.4. The van der Waals surface area contributed by atoms with E-state index in [9.17, 15) is 19.2 Å². The molecule has 0 saturated heterocycles. The van der Waals surface area contributed by atoms with Crippen LogP contribution in [0, 0.1) is 0 Å². The molecule has 158 valence electrons. The van der Waals surface area contributed by atoms with Crippen LogP contribution in [-0.2, 0) is 25.5 Å². The van der Waals surface area contributed by atoms with E-state index in [1.54, 1.807) is 39.8 Å². The van der Waals surface area contributed by atoms with Crippen molar-refractivity contribution in [1.82, 2.24) is 4.98 Å². The molecule has 29 heavy (non-hydrogen) atoms. The number of nitrogens with one attached hydrogen (secondary N) is 1. The molecule has 0 spiro atoms. The SMILES string of the molecule is CC(C)(C)OC(=O)Cc1ccc[nH]c1=O.CC1=C(C(=O)O)CC(N)(C(=O)O)C=C1. The van der Waals surface area contributed by atoms with Crippen molar-refractivity contribution >= 4 is 17.9 Å². The highest BCUT2D eigenvalue weighted by Crippen LogP contribution is 2.25. The van der Waals surface area contributed by atoms with Gasteiger partial charge in [-0.2, -0.15) is 0 Å². The predicted molar refractivity (Wildman–Crippen MR) is 105 cm³/mol. The number of aromatic nitrogens is 1. The number of H-pyrrole nitrogens is 1. The molecule has 0 bridgehead atoms. The second-order valence-corrected chi connectivity index (χ2v) is 7.61. The van der Waals surface area contributed by atoms with Crippen LogP contribution in [0.15, 0.2) is 46.4 Å². The number of aromatic amines is 1. The van der Waals surface area contributed by atoms with Crippen LogP contribution >= 0.6 is 0 Å². The van der Waals surface area contributed by atoms with Gasteiger partial charge < -0.3 is 25.7 Å². The number of pyridine rings is 1. The van der Waals surface area contributed by atoms with Crippen molar-refractivity contribution in [1.29, 1.82) is 0 Å². The summed E-state index contributed by atoms with van der Waals surface area (Å²) in [6, 6.07) is 3.30. The Balaban J connectivity index is 0.000000291. The topological polar surface area (TPSA) is 160 Å². The van der Waals surface area contributed by atoms with Crippen molar-refractivity contribution < 1.29 is 29.3 Å². The van der Waals surface area contributed by atoms with Gasteiger partial charge in [0.1, 0.15) is 11.1 Å². The van der Waals surface area contributed by atoms with Crippen LogP contribution in [0.2, 0.25) is 0 Å². The fourth-order valence-electron chi connectivity index (χ4n) is 2.39. The molecule has 9 nitrogen and oxygen atoms in total. The molecule has 0 aliphatic heterocycles. The largest absolute Gasteiger partial charge is 0.480 e. The summed E-state index contributed by atoms with van der Waals surface area (Å²) >= 11 is 0. The molecule has 0 amide bonds. The summed E-state index contributed by atoms with van der Waals surface area (Å²) in [6.07, 6.45) is 4.10. The van der Waals surface area contributed by atoms with Crippen molar-refractivity contribution in [2.24, 2.45) is 5.73 Å². The smallest absolute Gasteiger partial charge is 0.331 e. The van der Waals surface area contributed by atoms with E-state index in [0.29, 0.717) is 11.1 Å². The number of allylic oxidation sites excluding steroid dienone is 2. The Bertz CT molecular complexity index is 906. The molecule has 1 unspecified atom stereocenters. The first-order valence-corrected chi connectivity index (χ1v) is 8.78. The number of rotatable bonds is 4. The fraction of sp³-hybridized carbons (Fsp3) is 0.400. The molecular weight excluding hydrogens is 380 g/mol. The van der Waals surface area contributed by atoms with Gasteiger partial charge >= 0.3 is 17.9 Å². The molecule has 0 saturated carbocycles. The third-order valence-electron chi connectivity index (χ3n) is 3.89. The summed E-state index contributed by atoms with van der Waals surface area (Å²) in [6.45, 7) is 6.99. The van der Waals surface area contributed by atoms with Gasteiger partial charge in [-0.25, -0.2) is 9.59 Å². The van der Waals surface area contributed by atoms with E-state index >= 15 is 0 Å². The van der Waals surface area contributed by atoms with Gasteiger partial charge in [-0.15, -0.1) is 0 Å². The van der Waals surface area contributed by atoms with Crippen molar-refractivity contribution in [2.45, 2.75) is 51.7 Å². The molecule has 1 aromatic heterocycles. The van der Waals surface area contributed by atoms with E-state index in [4.69, 9.17) is 20.7 Å². The van der Waals surface area contributed by atoms with Gasteiger partial charge in [0.05, 0.1) is 6.42 Å². The second-order valence-electron chi connectivity index (χ2n) is 7.61. The second kappa shape index (κ2) is 9.33. The minimum atomic E-state index is -1.59. The lowest BCUT2D eigenvalue weighted by molar-refractivity contribution is -0.154. The molecular formula is C20H26N2O7. The number of carbonyl (C=O) groups excluding carboxylic acids is 1. The maximum absolute atomic E-state index is 11.4.